The molecule has 3 fully saturated rings. The van der Waals surface area contributed by atoms with Crippen molar-refractivity contribution in [3.05, 3.63) is 59.1 Å². The van der Waals surface area contributed by atoms with Gasteiger partial charge in [0.1, 0.15) is 0 Å². The van der Waals surface area contributed by atoms with Gasteiger partial charge in [-0.15, -0.1) is 0 Å². The van der Waals surface area contributed by atoms with Crippen molar-refractivity contribution in [2.24, 2.45) is 0 Å². The van der Waals surface area contributed by atoms with Crippen molar-refractivity contribution in [3.63, 3.8) is 0 Å². The van der Waals surface area contributed by atoms with Crippen molar-refractivity contribution < 1.29 is 4.79 Å². The first-order valence-electron chi connectivity index (χ1n) is 8.12. The van der Waals surface area contributed by atoms with Gasteiger partial charge in [-0.05, 0) is 42.2 Å². The quantitative estimate of drug-likeness (QED) is 0.914. The molecule has 3 saturated heterocycles. The third-order valence-electron chi connectivity index (χ3n) is 4.92. The first-order chi connectivity index (χ1) is 11.2. The molecule has 0 aromatic heterocycles. The van der Waals surface area contributed by atoms with Crippen molar-refractivity contribution >= 4 is 17.5 Å². The van der Waals surface area contributed by atoms with Gasteiger partial charge in [-0.1, -0.05) is 41.9 Å². The van der Waals surface area contributed by atoms with E-state index in [0.717, 1.165) is 36.2 Å². The monoisotopic (exact) mass is 326 g/mol. The molecule has 1 N–H and O–H groups in total. The Bertz CT molecular complexity index is 720. The Morgan fingerprint density at radius 2 is 1.87 bits per heavy atom. The molecule has 2 atom stereocenters. The summed E-state index contributed by atoms with van der Waals surface area (Å²) in [4.78, 5) is 15.2. The summed E-state index contributed by atoms with van der Waals surface area (Å²) in [6.45, 7) is 1.73. The van der Waals surface area contributed by atoms with Crippen LogP contribution in [0.25, 0.3) is 11.1 Å². The van der Waals surface area contributed by atoms with Crippen LogP contribution in [0.5, 0.6) is 0 Å². The normalized spacial score (nSPS) is 23.1. The molecule has 3 aliphatic rings. The Balaban J connectivity index is 1.69. The summed E-state index contributed by atoms with van der Waals surface area (Å²) in [7, 11) is 0. The number of piperazine rings is 1. The highest BCUT2D eigenvalue weighted by molar-refractivity contribution is 6.30. The molecule has 5 rings (SSSR count). The average Bonchev–Trinajstić information content (AvgIpc) is 2.63. The number of fused-ring (bicyclic) bond motifs is 3. The zero-order valence-electron chi connectivity index (χ0n) is 12.8. The maximum Gasteiger partial charge on any atom is 0.254 e. The number of carbonyl (C=O) groups excluding carboxylic acids is 1. The third-order valence-corrected chi connectivity index (χ3v) is 5.17. The number of benzene rings is 2. The van der Waals surface area contributed by atoms with E-state index >= 15 is 0 Å². The fourth-order valence-corrected chi connectivity index (χ4v) is 3.79. The van der Waals surface area contributed by atoms with Crippen LogP contribution < -0.4 is 5.32 Å². The van der Waals surface area contributed by atoms with Crippen LogP contribution in [0.1, 0.15) is 23.2 Å². The predicted molar refractivity (Wildman–Crippen MR) is 92.7 cm³/mol. The minimum absolute atomic E-state index is 0.145. The maximum atomic E-state index is 13.1. The molecule has 2 unspecified atom stereocenters. The Hall–Kier alpha value is -1.84. The SMILES string of the molecule is O=C(c1ccccc1-c1ccc(Cl)cc1)N1CC2CCC1CN2. The van der Waals surface area contributed by atoms with Gasteiger partial charge in [-0.3, -0.25) is 4.79 Å². The highest BCUT2D eigenvalue weighted by Crippen LogP contribution is 2.29. The number of piperidine rings is 2. The first kappa shape index (κ1) is 14.7. The Kier molecular flexibility index (Phi) is 3.83. The molecule has 118 valence electrons. The maximum absolute atomic E-state index is 13.1. The molecule has 0 radical (unpaired) electrons. The van der Waals surface area contributed by atoms with Gasteiger partial charge in [-0.25, -0.2) is 0 Å². The second-order valence-electron chi connectivity index (χ2n) is 6.35. The van der Waals surface area contributed by atoms with Crippen LogP contribution in [-0.4, -0.2) is 36.0 Å². The fourth-order valence-electron chi connectivity index (χ4n) is 3.66. The van der Waals surface area contributed by atoms with Gasteiger partial charge in [-0.2, -0.15) is 0 Å². The van der Waals surface area contributed by atoms with Gasteiger partial charge in [0.2, 0.25) is 0 Å². The van der Waals surface area contributed by atoms with Crippen LogP contribution >= 0.6 is 11.6 Å². The minimum atomic E-state index is 0.145. The van der Waals surface area contributed by atoms with E-state index in [2.05, 4.69) is 10.2 Å². The van der Waals surface area contributed by atoms with Crippen LogP contribution in [0, 0.1) is 0 Å². The first-order valence-corrected chi connectivity index (χ1v) is 8.49. The number of hydrogen-bond acceptors (Lipinski definition) is 2. The zero-order valence-corrected chi connectivity index (χ0v) is 13.6. The number of halogens is 1. The van der Waals surface area contributed by atoms with Gasteiger partial charge in [0.15, 0.2) is 0 Å². The number of hydrogen-bond donors (Lipinski definition) is 1. The molecule has 1 amide bonds. The highest BCUT2D eigenvalue weighted by Gasteiger charge is 2.36. The summed E-state index contributed by atoms with van der Waals surface area (Å²) in [6, 6.07) is 16.3. The molecule has 0 aliphatic carbocycles. The second kappa shape index (κ2) is 5.99. The summed E-state index contributed by atoms with van der Waals surface area (Å²) >= 11 is 5.98. The lowest BCUT2D eigenvalue weighted by molar-refractivity contribution is 0.0441. The second-order valence-corrected chi connectivity index (χ2v) is 6.78. The lowest BCUT2D eigenvalue weighted by Gasteiger charge is -2.46. The van der Waals surface area contributed by atoms with Gasteiger partial charge in [0.25, 0.3) is 5.91 Å². The summed E-state index contributed by atoms with van der Waals surface area (Å²) in [5, 5.41) is 4.20. The van der Waals surface area contributed by atoms with E-state index in [1.807, 2.05) is 48.5 Å². The predicted octanol–water partition coefficient (Wildman–Crippen LogP) is 3.58. The van der Waals surface area contributed by atoms with Crippen molar-refractivity contribution in [2.75, 3.05) is 13.1 Å². The van der Waals surface area contributed by atoms with Crippen molar-refractivity contribution in [1.82, 2.24) is 10.2 Å². The van der Waals surface area contributed by atoms with E-state index in [1.165, 1.54) is 6.42 Å². The van der Waals surface area contributed by atoms with Crippen LogP contribution in [0.2, 0.25) is 5.02 Å². The molecule has 2 aromatic carbocycles. The molecule has 0 spiro atoms. The van der Waals surface area contributed by atoms with Gasteiger partial charge in [0, 0.05) is 35.8 Å². The number of nitrogens with one attached hydrogen (secondary N) is 1. The van der Waals surface area contributed by atoms with Crippen LogP contribution in [0.4, 0.5) is 0 Å². The molecular weight excluding hydrogens is 308 g/mol. The Morgan fingerprint density at radius 1 is 1.09 bits per heavy atom. The van der Waals surface area contributed by atoms with Crippen LogP contribution in [-0.2, 0) is 0 Å². The van der Waals surface area contributed by atoms with Gasteiger partial charge < -0.3 is 10.2 Å². The zero-order chi connectivity index (χ0) is 15.8. The summed E-state index contributed by atoms with van der Waals surface area (Å²) in [6.07, 6.45) is 2.28. The van der Waals surface area contributed by atoms with E-state index in [-0.39, 0.29) is 5.91 Å². The topological polar surface area (TPSA) is 32.3 Å². The largest absolute Gasteiger partial charge is 0.333 e. The molecule has 3 aliphatic heterocycles. The molecule has 0 saturated carbocycles. The molecule has 3 heterocycles. The molecule has 3 nitrogen and oxygen atoms in total. The van der Waals surface area contributed by atoms with E-state index in [4.69, 9.17) is 11.6 Å². The summed E-state index contributed by atoms with van der Waals surface area (Å²) in [5.74, 6) is 0.145. The van der Waals surface area contributed by atoms with Crippen molar-refractivity contribution in [1.29, 1.82) is 0 Å². The Labute approximate surface area is 141 Å². The van der Waals surface area contributed by atoms with Crippen molar-refractivity contribution in [2.45, 2.75) is 24.9 Å². The highest BCUT2D eigenvalue weighted by atomic mass is 35.5. The minimum Gasteiger partial charge on any atom is -0.333 e. The summed E-state index contributed by atoms with van der Waals surface area (Å²) < 4.78 is 0. The smallest absolute Gasteiger partial charge is 0.254 e. The Morgan fingerprint density at radius 3 is 2.52 bits per heavy atom. The van der Waals surface area contributed by atoms with Crippen LogP contribution in [0.3, 0.4) is 0 Å². The molecule has 2 bridgehead atoms. The third kappa shape index (κ3) is 2.75. The molecule has 4 heteroatoms. The summed E-state index contributed by atoms with van der Waals surface area (Å²) in [5.41, 5.74) is 2.78. The number of carbonyl (C=O) groups is 1. The van der Waals surface area contributed by atoms with Crippen LogP contribution in [0.15, 0.2) is 48.5 Å². The molecular formula is C19H19ClN2O. The van der Waals surface area contributed by atoms with E-state index in [9.17, 15) is 4.79 Å². The van der Waals surface area contributed by atoms with E-state index in [0.29, 0.717) is 17.1 Å². The standard InChI is InChI=1S/C19H19ClN2O/c20-14-7-5-13(6-8-14)17-3-1-2-4-18(17)19(23)22-12-15-9-10-16(22)11-21-15/h1-8,15-16,21H,9-12H2. The number of rotatable bonds is 2. The van der Waals surface area contributed by atoms with E-state index < -0.39 is 0 Å². The average molecular weight is 327 g/mol. The number of amides is 1. The fraction of sp³-hybridized carbons (Fsp3) is 0.316. The molecule has 23 heavy (non-hydrogen) atoms. The van der Waals surface area contributed by atoms with Crippen molar-refractivity contribution in [3.8, 4) is 11.1 Å². The lowest BCUT2D eigenvalue weighted by Crippen LogP contribution is -2.62. The van der Waals surface area contributed by atoms with E-state index in [1.54, 1.807) is 0 Å². The van der Waals surface area contributed by atoms with Gasteiger partial charge in [0.05, 0.1) is 0 Å². The number of nitrogens with zero attached hydrogens (tertiary/aromatic N) is 1. The molecule has 2 aromatic rings. The van der Waals surface area contributed by atoms with Gasteiger partial charge >= 0.3 is 0 Å². The lowest BCUT2D eigenvalue weighted by atomic mass is 9.91.